The molecule has 0 saturated heterocycles. The largest absolute Gasteiger partial charge is 0.465 e. The molecule has 0 fully saturated rings. The Morgan fingerprint density at radius 3 is 2.04 bits per heavy atom. The Balaban J connectivity index is 3.83. The summed E-state index contributed by atoms with van der Waals surface area (Å²) >= 11 is 3.29. The lowest BCUT2D eigenvalue weighted by Crippen LogP contribution is -2.52. The minimum atomic E-state index is -2.45. The lowest BCUT2D eigenvalue weighted by atomic mass is 10.2. The molecule has 142 valence electrons. The van der Waals surface area contributed by atoms with Crippen molar-refractivity contribution in [2.75, 3.05) is 31.8 Å². The van der Waals surface area contributed by atoms with E-state index in [0.717, 1.165) is 31.7 Å². The van der Waals surface area contributed by atoms with Crippen molar-refractivity contribution in [2.45, 2.75) is 59.4 Å². The van der Waals surface area contributed by atoms with Crippen LogP contribution in [0.1, 0.15) is 53.4 Å². The van der Waals surface area contributed by atoms with Gasteiger partial charge in [-0.3, -0.25) is 4.79 Å². The normalized spacial score (nSPS) is 13.0. The fourth-order valence-electron chi connectivity index (χ4n) is 2.05. The van der Waals surface area contributed by atoms with Crippen LogP contribution < -0.4 is 0 Å². The van der Waals surface area contributed by atoms with Crippen LogP contribution in [0.2, 0.25) is 6.04 Å². The van der Waals surface area contributed by atoms with Crippen molar-refractivity contribution < 1.29 is 22.8 Å². The van der Waals surface area contributed by atoms with E-state index in [4.69, 9.17) is 18.0 Å². The SMILES string of the molecule is CCO[Si](OCC)(OCC)[Si]CCCCCCOC(=O)C(C)CBr. The van der Waals surface area contributed by atoms with Crippen LogP contribution in [-0.4, -0.2) is 55.1 Å². The first kappa shape index (κ1) is 24.3. The minimum Gasteiger partial charge on any atom is -0.465 e. The number of alkyl halides is 1. The average molecular weight is 442 g/mol. The summed E-state index contributed by atoms with van der Waals surface area (Å²) in [5.74, 6) is -0.186. The van der Waals surface area contributed by atoms with Gasteiger partial charge in [0.1, 0.15) is 9.04 Å². The van der Waals surface area contributed by atoms with Gasteiger partial charge in [0, 0.05) is 25.2 Å². The van der Waals surface area contributed by atoms with Crippen LogP contribution in [0.25, 0.3) is 0 Å². The lowest BCUT2D eigenvalue weighted by Gasteiger charge is -2.28. The third-order valence-electron chi connectivity index (χ3n) is 3.29. The molecule has 0 aromatic heterocycles. The third kappa shape index (κ3) is 11.0. The van der Waals surface area contributed by atoms with E-state index in [1.807, 2.05) is 27.7 Å². The summed E-state index contributed by atoms with van der Waals surface area (Å²) in [4.78, 5) is 11.5. The molecule has 24 heavy (non-hydrogen) atoms. The molecule has 0 N–H and O–H groups in total. The van der Waals surface area contributed by atoms with E-state index in [9.17, 15) is 4.79 Å². The predicted octanol–water partition coefficient (Wildman–Crippen LogP) is 3.79. The van der Waals surface area contributed by atoms with Crippen LogP contribution >= 0.6 is 15.9 Å². The first-order valence-corrected chi connectivity index (χ1v) is 14.0. The van der Waals surface area contributed by atoms with Crippen LogP contribution in [-0.2, 0) is 22.8 Å². The Morgan fingerprint density at radius 1 is 1.00 bits per heavy atom. The molecule has 8 heteroatoms. The Morgan fingerprint density at radius 2 is 1.54 bits per heavy atom. The van der Waals surface area contributed by atoms with Crippen molar-refractivity contribution in [1.82, 2.24) is 0 Å². The fourth-order valence-corrected chi connectivity index (χ4v) is 8.41. The summed E-state index contributed by atoms with van der Waals surface area (Å²) in [6, 6.07) is 1.08. The van der Waals surface area contributed by atoms with E-state index in [1.165, 1.54) is 0 Å². The Hall–Kier alpha value is 0.264. The highest BCUT2D eigenvalue weighted by Crippen LogP contribution is 2.13. The van der Waals surface area contributed by atoms with Crippen LogP contribution in [0.15, 0.2) is 0 Å². The van der Waals surface area contributed by atoms with E-state index >= 15 is 0 Å². The number of carbonyl (C=O) groups excluding carboxylic acids is 1. The molecular formula is C16H33BrO5Si2. The highest BCUT2D eigenvalue weighted by atomic mass is 79.9. The van der Waals surface area contributed by atoms with Crippen LogP contribution in [0.5, 0.6) is 0 Å². The predicted molar refractivity (Wildman–Crippen MR) is 104 cm³/mol. The van der Waals surface area contributed by atoms with Crippen LogP contribution in [0.4, 0.5) is 0 Å². The summed E-state index contributed by atoms with van der Waals surface area (Å²) in [5, 5.41) is 0.651. The second-order valence-electron chi connectivity index (χ2n) is 5.42. The zero-order valence-electron chi connectivity index (χ0n) is 15.6. The summed E-state index contributed by atoms with van der Waals surface area (Å²) in [5.41, 5.74) is 0. The third-order valence-corrected chi connectivity index (χ3v) is 10.7. The van der Waals surface area contributed by atoms with E-state index in [2.05, 4.69) is 15.9 Å². The number of esters is 1. The molecule has 0 aromatic rings. The maximum absolute atomic E-state index is 11.5. The smallest absolute Gasteiger partial charge is 0.464 e. The lowest BCUT2D eigenvalue weighted by molar-refractivity contribution is -0.147. The summed E-state index contributed by atoms with van der Waals surface area (Å²) in [6.07, 6.45) is 4.27. The second kappa shape index (κ2) is 15.5. The molecular weight excluding hydrogens is 408 g/mol. The molecule has 0 amide bonds. The monoisotopic (exact) mass is 440 g/mol. The number of hydrogen-bond donors (Lipinski definition) is 0. The van der Waals surface area contributed by atoms with Crippen molar-refractivity contribution in [1.29, 1.82) is 0 Å². The number of rotatable bonds is 16. The van der Waals surface area contributed by atoms with E-state index < -0.39 is 8.32 Å². The molecule has 0 aliphatic carbocycles. The van der Waals surface area contributed by atoms with Gasteiger partial charge in [-0.2, -0.15) is 0 Å². The first-order valence-electron chi connectivity index (χ1n) is 8.94. The standard InChI is InChI=1S/C16H33BrO5Si2/c1-5-20-24(21-6-2,22-7-3)23-13-11-9-8-10-12-19-16(18)15(4)14-17/h15H,5-14H2,1-4H3. The van der Waals surface area contributed by atoms with Gasteiger partial charge in [-0.25, -0.2) is 0 Å². The number of unbranched alkanes of at least 4 members (excludes halogenated alkanes) is 3. The van der Waals surface area contributed by atoms with Gasteiger partial charge in [0.05, 0.1) is 12.5 Å². The average Bonchev–Trinajstić information content (AvgIpc) is 2.57. The van der Waals surface area contributed by atoms with Crippen molar-refractivity contribution in [3.8, 4) is 0 Å². The molecule has 0 saturated carbocycles. The number of halogens is 1. The fraction of sp³-hybridized carbons (Fsp3) is 0.938. The van der Waals surface area contributed by atoms with Gasteiger partial charge < -0.3 is 18.0 Å². The number of hydrogen-bond acceptors (Lipinski definition) is 5. The van der Waals surface area contributed by atoms with Gasteiger partial charge in [-0.05, 0) is 27.2 Å². The van der Waals surface area contributed by atoms with Gasteiger partial charge in [-0.1, -0.05) is 48.2 Å². The summed E-state index contributed by atoms with van der Waals surface area (Å²) < 4.78 is 22.8. The second-order valence-corrected chi connectivity index (χ2v) is 11.8. The Bertz CT molecular complexity index is 304. The first-order chi connectivity index (χ1) is 11.5. The van der Waals surface area contributed by atoms with Gasteiger partial charge in [0.2, 0.25) is 0 Å². The number of carbonyl (C=O) groups is 1. The molecule has 0 aliphatic heterocycles. The topological polar surface area (TPSA) is 54.0 Å². The maximum atomic E-state index is 11.5. The molecule has 0 aromatic carbocycles. The number of ether oxygens (including phenoxy) is 1. The van der Waals surface area contributed by atoms with E-state index in [1.54, 1.807) is 0 Å². The molecule has 5 nitrogen and oxygen atoms in total. The molecule has 1 atom stereocenters. The van der Waals surface area contributed by atoms with Gasteiger partial charge in [0.25, 0.3) is 0 Å². The maximum Gasteiger partial charge on any atom is 0.464 e. The molecule has 0 rings (SSSR count). The Kier molecular flexibility index (Phi) is 15.7. The van der Waals surface area contributed by atoms with E-state index in [0.29, 0.717) is 40.8 Å². The molecule has 0 bridgehead atoms. The van der Waals surface area contributed by atoms with Crippen molar-refractivity contribution in [2.24, 2.45) is 5.92 Å². The van der Waals surface area contributed by atoms with Crippen molar-refractivity contribution in [3.05, 3.63) is 0 Å². The molecule has 1 unspecified atom stereocenters. The van der Waals surface area contributed by atoms with Crippen molar-refractivity contribution >= 4 is 39.3 Å². The highest BCUT2D eigenvalue weighted by molar-refractivity contribution is 9.09. The van der Waals surface area contributed by atoms with Crippen molar-refractivity contribution in [3.63, 3.8) is 0 Å². The highest BCUT2D eigenvalue weighted by Gasteiger charge is 2.39. The summed E-state index contributed by atoms with van der Waals surface area (Å²) in [6.45, 7) is 10.3. The molecule has 2 radical (unpaired) electrons. The van der Waals surface area contributed by atoms with Gasteiger partial charge in [0.15, 0.2) is 0 Å². The van der Waals surface area contributed by atoms with E-state index in [-0.39, 0.29) is 11.9 Å². The zero-order valence-corrected chi connectivity index (χ0v) is 19.2. The molecule has 0 heterocycles. The van der Waals surface area contributed by atoms with Gasteiger partial charge >= 0.3 is 14.3 Å². The molecule has 0 spiro atoms. The Labute approximate surface area is 159 Å². The van der Waals surface area contributed by atoms with Crippen LogP contribution in [0, 0.1) is 5.92 Å². The summed E-state index contributed by atoms with van der Waals surface area (Å²) in [7, 11) is -1.85. The quantitative estimate of drug-likeness (QED) is 0.158. The minimum absolute atomic E-state index is 0.0695. The van der Waals surface area contributed by atoms with Gasteiger partial charge in [-0.15, -0.1) is 0 Å². The molecule has 0 aliphatic rings. The van der Waals surface area contributed by atoms with Crippen LogP contribution in [0.3, 0.4) is 0 Å². The zero-order chi connectivity index (χ0) is 18.3.